The number of aromatic nitrogens is 1. The van der Waals surface area contributed by atoms with Gasteiger partial charge in [-0.3, -0.25) is 0 Å². The van der Waals surface area contributed by atoms with Crippen molar-refractivity contribution in [3.05, 3.63) is 87.7 Å². The summed E-state index contributed by atoms with van der Waals surface area (Å²) >= 11 is 12.2. The third-order valence-electron chi connectivity index (χ3n) is 5.54. The monoisotopic (exact) mass is 498 g/mol. The molecule has 3 aromatic rings. The molecule has 0 aliphatic heterocycles. The van der Waals surface area contributed by atoms with E-state index in [1.165, 1.54) is 0 Å². The molecule has 2 aromatic carbocycles. The first-order valence-electron chi connectivity index (χ1n) is 11.0. The smallest absolute Gasteiger partial charge is 0.365 e. The highest BCUT2D eigenvalue weighted by molar-refractivity contribution is 6.32. The number of nitrogens with zero attached hydrogens (tertiary/aromatic N) is 2. The topological polar surface area (TPSA) is 70.0 Å². The third-order valence-corrected chi connectivity index (χ3v) is 5.92. The van der Waals surface area contributed by atoms with Crippen LogP contribution in [-0.4, -0.2) is 29.9 Å². The molecule has 0 bridgehead atoms. The maximum atomic E-state index is 12.5. The summed E-state index contributed by atoms with van der Waals surface area (Å²) in [5.41, 5.74) is 2.40. The van der Waals surface area contributed by atoms with E-state index in [1.807, 2.05) is 24.3 Å². The zero-order valence-corrected chi connectivity index (χ0v) is 20.2. The molecular weight excluding hydrogens is 475 g/mol. The summed E-state index contributed by atoms with van der Waals surface area (Å²) in [5.74, 6) is 0.700. The van der Waals surface area contributed by atoms with E-state index < -0.39 is 5.97 Å². The van der Waals surface area contributed by atoms with Gasteiger partial charge in [0.05, 0.1) is 24.5 Å². The van der Waals surface area contributed by atoms with E-state index >= 15 is 0 Å². The fraction of sp³-hybridized carbons (Fsp3) is 0.269. The number of carbonyl (C=O) groups is 1. The Morgan fingerprint density at radius 3 is 2.35 bits per heavy atom. The first-order chi connectivity index (χ1) is 16.5. The van der Waals surface area contributed by atoms with Crippen molar-refractivity contribution in [3.8, 4) is 11.5 Å². The maximum absolute atomic E-state index is 12.5. The van der Waals surface area contributed by atoms with E-state index in [2.05, 4.69) is 10.1 Å². The second kappa shape index (κ2) is 11.4. The summed E-state index contributed by atoms with van der Waals surface area (Å²) in [6.45, 7) is 0. The molecular formula is C26H24Cl2N2O4. The van der Waals surface area contributed by atoms with E-state index in [4.69, 9.17) is 37.5 Å². The summed E-state index contributed by atoms with van der Waals surface area (Å²) in [7, 11) is 1.61. The van der Waals surface area contributed by atoms with Gasteiger partial charge in [-0.2, -0.15) is 0 Å². The minimum Gasteiger partial charge on any atom is -0.493 e. The molecule has 1 aliphatic rings. The molecule has 6 nitrogen and oxygen atoms in total. The van der Waals surface area contributed by atoms with Crippen molar-refractivity contribution in [2.24, 2.45) is 5.16 Å². The van der Waals surface area contributed by atoms with Crippen LogP contribution < -0.4 is 9.47 Å². The highest BCUT2D eigenvalue weighted by Crippen LogP contribution is 2.33. The SMILES string of the molecule is COc1ccc(/C(Cc2cc(Cl)nc(Cl)c2)=N\OC(=O)c2ccccc2)cc1OC1CCCC1. The molecule has 0 N–H and O–H groups in total. The third kappa shape index (κ3) is 6.27. The highest BCUT2D eigenvalue weighted by Gasteiger charge is 2.20. The maximum Gasteiger partial charge on any atom is 0.365 e. The van der Waals surface area contributed by atoms with Crippen molar-refractivity contribution in [2.75, 3.05) is 7.11 Å². The van der Waals surface area contributed by atoms with Gasteiger partial charge >= 0.3 is 5.97 Å². The summed E-state index contributed by atoms with van der Waals surface area (Å²) in [4.78, 5) is 21.8. The lowest BCUT2D eigenvalue weighted by molar-refractivity contribution is 0.0516. The van der Waals surface area contributed by atoms with Crippen LogP contribution in [0.25, 0.3) is 0 Å². The number of oxime groups is 1. The summed E-state index contributed by atoms with van der Waals surface area (Å²) in [5, 5.41) is 4.75. The van der Waals surface area contributed by atoms with Crippen LogP contribution in [-0.2, 0) is 11.3 Å². The molecule has 0 spiro atoms. The van der Waals surface area contributed by atoms with E-state index in [0.717, 1.165) is 36.8 Å². The molecule has 8 heteroatoms. The molecule has 4 rings (SSSR count). The molecule has 0 saturated heterocycles. The van der Waals surface area contributed by atoms with Gasteiger partial charge in [0.15, 0.2) is 11.5 Å². The summed E-state index contributed by atoms with van der Waals surface area (Å²) in [6, 6.07) is 17.6. The lowest BCUT2D eigenvalue weighted by Gasteiger charge is -2.17. The lowest BCUT2D eigenvalue weighted by Crippen LogP contribution is -2.13. The highest BCUT2D eigenvalue weighted by atomic mass is 35.5. The van der Waals surface area contributed by atoms with E-state index in [9.17, 15) is 4.79 Å². The molecule has 176 valence electrons. The van der Waals surface area contributed by atoms with Gasteiger partial charge in [-0.05, 0) is 73.7 Å². The molecule has 1 aliphatic carbocycles. The van der Waals surface area contributed by atoms with Crippen molar-refractivity contribution >= 4 is 34.9 Å². The standard InChI is InChI=1S/C26H24Cl2N2O4/c1-32-22-12-11-19(16-23(22)33-20-9-5-6-10-20)21(13-17-14-24(27)29-25(28)15-17)30-34-26(31)18-7-3-2-4-8-18/h2-4,7-8,11-12,14-16,20H,5-6,9-10,13H2,1H3/b30-21-. The number of pyridine rings is 1. The lowest BCUT2D eigenvalue weighted by atomic mass is 10.0. The van der Waals surface area contributed by atoms with Crippen LogP contribution in [0.2, 0.25) is 10.3 Å². The summed E-state index contributed by atoms with van der Waals surface area (Å²) in [6.07, 6.45) is 4.78. The van der Waals surface area contributed by atoms with E-state index in [1.54, 1.807) is 43.5 Å². The fourth-order valence-corrected chi connectivity index (χ4v) is 4.36. The first kappa shape index (κ1) is 24.0. The number of rotatable bonds is 8. The van der Waals surface area contributed by atoms with Crippen molar-refractivity contribution < 1.29 is 19.1 Å². The molecule has 1 heterocycles. The quantitative estimate of drug-likeness (QED) is 0.153. The van der Waals surface area contributed by atoms with Gasteiger partial charge in [0.1, 0.15) is 10.3 Å². The Hall–Kier alpha value is -3.09. The number of carbonyl (C=O) groups excluding carboxylic acids is 1. The molecule has 1 fully saturated rings. The molecule has 0 atom stereocenters. The fourth-order valence-electron chi connectivity index (χ4n) is 3.85. The number of hydrogen-bond acceptors (Lipinski definition) is 6. The molecule has 0 amide bonds. The predicted octanol–water partition coefficient (Wildman–Crippen LogP) is 6.52. The Bertz CT molecular complexity index is 1160. The van der Waals surface area contributed by atoms with Gasteiger partial charge in [0, 0.05) is 12.0 Å². The van der Waals surface area contributed by atoms with Crippen LogP contribution in [0.5, 0.6) is 11.5 Å². The van der Waals surface area contributed by atoms with Crippen molar-refractivity contribution in [1.29, 1.82) is 0 Å². The molecule has 1 aromatic heterocycles. The zero-order valence-electron chi connectivity index (χ0n) is 18.7. The van der Waals surface area contributed by atoms with Crippen LogP contribution in [0.15, 0.2) is 65.8 Å². The average Bonchev–Trinajstić information content (AvgIpc) is 3.34. The van der Waals surface area contributed by atoms with Gasteiger partial charge in [-0.25, -0.2) is 9.78 Å². The Morgan fingerprint density at radius 1 is 0.971 bits per heavy atom. The minimum atomic E-state index is -0.556. The van der Waals surface area contributed by atoms with Crippen LogP contribution in [0.1, 0.15) is 47.2 Å². The second-order valence-corrected chi connectivity index (χ2v) is 8.74. The Balaban J connectivity index is 1.66. The normalized spacial score (nSPS) is 14.1. The van der Waals surface area contributed by atoms with Crippen LogP contribution in [0.4, 0.5) is 0 Å². The average molecular weight is 499 g/mol. The van der Waals surface area contributed by atoms with Gasteiger partial charge in [-0.15, -0.1) is 0 Å². The van der Waals surface area contributed by atoms with E-state index in [0.29, 0.717) is 29.2 Å². The molecule has 1 saturated carbocycles. The Kier molecular flexibility index (Phi) is 8.03. The van der Waals surface area contributed by atoms with Crippen molar-refractivity contribution in [1.82, 2.24) is 4.98 Å². The Morgan fingerprint density at radius 2 is 1.68 bits per heavy atom. The van der Waals surface area contributed by atoms with Gasteiger partial charge in [-0.1, -0.05) is 46.6 Å². The van der Waals surface area contributed by atoms with Crippen molar-refractivity contribution in [3.63, 3.8) is 0 Å². The predicted molar refractivity (Wildman–Crippen MR) is 132 cm³/mol. The minimum absolute atomic E-state index is 0.151. The number of benzene rings is 2. The van der Waals surface area contributed by atoms with Crippen LogP contribution in [0.3, 0.4) is 0 Å². The number of methoxy groups -OCH3 is 1. The number of halogens is 2. The summed E-state index contributed by atoms with van der Waals surface area (Å²) < 4.78 is 11.7. The molecule has 0 radical (unpaired) electrons. The Labute approximate surface area is 208 Å². The molecule has 34 heavy (non-hydrogen) atoms. The second-order valence-electron chi connectivity index (χ2n) is 7.97. The first-order valence-corrected chi connectivity index (χ1v) is 11.8. The van der Waals surface area contributed by atoms with Gasteiger partial charge in [0.25, 0.3) is 0 Å². The van der Waals surface area contributed by atoms with Crippen LogP contribution in [0, 0.1) is 0 Å². The van der Waals surface area contributed by atoms with E-state index in [-0.39, 0.29) is 16.4 Å². The van der Waals surface area contributed by atoms with Crippen molar-refractivity contribution in [2.45, 2.75) is 38.2 Å². The van der Waals surface area contributed by atoms with Gasteiger partial charge < -0.3 is 14.3 Å². The van der Waals surface area contributed by atoms with Crippen LogP contribution >= 0.6 is 23.2 Å². The van der Waals surface area contributed by atoms with Gasteiger partial charge in [0.2, 0.25) is 0 Å². The number of ether oxygens (including phenoxy) is 2. The molecule has 0 unspecified atom stereocenters. The largest absolute Gasteiger partial charge is 0.493 e. The zero-order chi connectivity index (χ0) is 23.9. The number of hydrogen-bond donors (Lipinski definition) is 0.